The van der Waals surface area contributed by atoms with E-state index in [0.717, 1.165) is 5.56 Å². The van der Waals surface area contributed by atoms with E-state index in [2.05, 4.69) is 0 Å². The fourth-order valence-electron chi connectivity index (χ4n) is 1.69. The Balaban J connectivity index is 2.96. The molecule has 0 aromatic heterocycles. The van der Waals surface area contributed by atoms with Crippen LogP contribution >= 0.6 is 11.6 Å². The summed E-state index contributed by atoms with van der Waals surface area (Å²) < 4.78 is 4.89. The molecule has 0 fully saturated rings. The summed E-state index contributed by atoms with van der Waals surface area (Å²) in [7, 11) is 0. The molecule has 0 unspecified atom stereocenters. The van der Waals surface area contributed by atoms with Crippen LogP contribution in [0, 0.1) is 6.92 Å². The first-order valence-corrected chi connectivity index (χ1v) is 6.46. The lowest BCUT2D eigenvalue weighted by Gasteiger charge is -2.09. The molecule has 0 heterocycles. The van der Waals surface area contributed by atoms with Gasteiger partial charge in [-0.1, -0.05) is 17.7 Å². The van der Waals surface area contributed by atoms with E-state index < -0.39 is 0 Å². The smallest absolute Gasteiger partial charge is 0.310 e. The van der Waals surface area contributed by atoms with Gasteiger partial charge in [0, 0.05) is 17.9 Å². The number of aryl methyl sites for hydroxylation is 1. The molecule has 1 aromatic rings. The van der Waals surface area contributed by atoms with Gasteiger partial charge in [0.25, 0.3) is 0 Å². The monoisotopic (exact) mass is 268 g/mol. The Morgan fingerprint density at radius 2 is 2.06 bits per heavy atom. The van der Waals surface area contributed by atoms with E-state index in [-0.39, 0.29) is 30.5 Å². The van der Waals surface area contributed by atoms with Crippen LogP contribution in [0.25, 0.3) is 0 Å². The molecule has 3 nitrogen and oxygen atoms in total. The van der Waals surface area contributed by atoms with Gasteiger partial charge in [-0.05, 0) is 25.5 Å². The third-order valence-electron chi connectivity index (χ3n) is 2.53. The number of esters is 1. The molecule has 1 aromatic carbocycles. The highest BCUT2D eigenvalue weighted by Crippen LogP contribution is 2.15. The molecule has 0 atom stereocenters. The number of hydrogen-bond acceptors (Lipinski definition) is 3. The average Bonchev–Trinajstić information content (AvgIpc) is 2.32. The van der Waals surface area contributed by atoms with Gasteiger partial charge in [0.05, 0.1) is 13.0 Å². The Kier molecular flexibility index (Phi) is 5.86. The number of hydrogen-bond donors (Lipinski definition) is 0. The second kappa shape index (κ2) is 7.17. The van der Waals surface area contributed by atoms with Gasteiger partial charge in [0.15, 0.2) is 5.78 Å². The van der Waals surface area contributed by atoms with E-state index in [1.54, 1.807) is 19.1 Å². The molecule has 1 rings (SSSR count). The summed E-state index contributed by atoms with van der Waals surface area (Å²) in [5, 5.41) is 0. The van der Waals surface area contributed by atoms with Crippen molar-refractivity contribution in [1.82, 2.24) is 0 Å². The molecule has 0 N–H and O–H groups in total. The van der Waals surface area contributed by atoms with Gasteiger partial charge < -0.3 is 4.74 Å². The van der Waals surface area contributed by atoms with E-state index in [9.17, 15) is 9.59 Å². The van der Waals surface area contributed by atoms with Crippen LogP contribution in [-0.2, 0) is 16.0 Å². The van der Waals surface area contributed by atoms with E-state index in [4.69, 9.17) is 16.3 Å². The van der Waals surface area contributed by atoms with Crippen LogP contribution in [0.3, 0.4) is 0 Å². The number of benzene rings is 1. The summed E-state index contributed by atoms with van der Waals surface area (Å²) in [5.74, 6) is -0.0692. The van der Waals surface area contributed by atoms with Crippen molar-refractivity contribution < 1.29 is 14.3 Å². The highest BCUT2D eigenvalue weighted by Gasteiger charge is 2.14. The first kappa shape index (κ1) is 14.7. The highest BCUT2D eigenvalue weighted by atomic mass is 35.5. The molecule has 0 bridgehead atoms. The van der Waals surface area contributed by atoms with Crippen molar-refractivity contribution in [2.75, 3.05) is 12.5 Å². The number of alkyl halides is 1. The summed E-state index contributed by atoms with van der Waals surface area (Å²) in [6.45, 7) is 4.01. The number of halogens is 1. The minimum atomic E-state index is -0.318. The van der Waals surface area contributed by atoms with Crippen molar-refractivity contribution in [3.05, 3.63) is 34.9 Å². The largest absolute Gasteiger partial charge is 0.466 e. The van der Waals surface area contributed by atoms with Crippen molar-refractivity contribution in [1.29, 1.82) is 0 Å². The van der Waals surface area contributed by atoms with Gasteiger partial charge in [0.1, 0.15) is 0 Å². The number of rotatable bonds is 6. The van der Waals surface area contributed by atoms with E-state index in [1.165, 1.54) is 0 Å². The SMILES string of the molecule is CCOC(=O)Cc1ccc(C)cc1C(=O)CCCl. The van der Waals surface area contributed by atoms with E-state index in [0.29, 0.717) is 17.7 Å². The molecule has 0 aliphatic rings. The minimum absolute atomic E-state index is 0.0343. The molecule has 0 aliphatic carbocycles. The fourth-order valence-corrected chi connectivity index (χ4v) is 1.86. The standard InChI is InChI=1S/C14H17ClO3/c1-3-18-14(17)9-11-5-4-10(2)8-12(11)13(16)6-7-15/h4-5,8H,3,6-7,9H2,1-2H3. The van der Waals surface area contributed by atoms with Gasteiger partial charge in [-0.25, -0.2) is 0 Å². The third-order valence-corrected chi connectivity index (χ3v) is 2.72. The number of ether oxygens (including phenoxy) is 1. The van der Waals surface area contributed by atoms with Crippen LogP contribution in [0.4, 0.5) is 0 Å². The molecule has 98 valence electrons. The van der Waals surface area contributed by atoms with Crippen molar-refractivity contribution in [3.8, 4) is 0 Å². The van der Waals surface area contributed by atoms with Gasteiger partial charge in [-0.3, -0.25) is 9.59 Å². The van der Waals surface area contributed by atoms with Gasteiger partial charge >= 0.3 is 5.97 Å². The Morgan fingerprint density at radius 1 is 1.33 bits per heavy atom. The van der Waals surface area contributed by atoms with Crippen molar-refractivity contribution in [2.24, 2.45) is 0 Å². The van der Waals surface area contributed by atoms with E-state index >= 15 is 0 Å². The number of ketones is 1. The Morgan fingerprint density at radius 3 is 2.67 bits per heavy atom. The van der Waals surface area contributed by atoms with Crippen LogP contribution in [0.1, 0.15) is 34.8 Å². The predicted octanol–water partition coefficient (Wildman–Crippen LogP) is 2.91. The number of Topliss-reactive ketones (excluding diaryl/α,β-unsaturated/α-hetero) is 1. The highest BCUT2D eigenvalue weighted by molar-refractivity contribution is 6.19. The maximum Gasteiger partial charge on any atom is 0.310 e. The van der Waals surface area contributed by atoms with Crippen molar-refractivity contribution >= 4 is 23.4 Å². The summed E-state index contributed by atoms with van der Waals surface area (Å²) in [6, 6.07) is 5.48. The first-order chi connectivity index (χ1) is 8.58. The quantitative estimate of drug-likeness (QED) is 0.453. The van der Waals surface area contributed by atoms with Crippen molar-refractivity contribution in [2.45, 2.75) is 26.7 Å². The molecule has 0 spiro atoms. The second-order valence-corrected chi connectivity index (χ2v) is 4.38. The zero-order valence-corrected chi connectivity index (χ0v) is 11.4. The molecule has 4 heteroatoms. The van der Waals surface area contributed by atoms with Gasteiger partial charge in [-0.2, -0.15) is 0 Å². The molecular weight excluding hydrogens is 252 g/mol. The summed E-state index contributed by atoms with van der Waals surface area (Å²) in [5.41, 5.74) is 2.26. The van der Waals surface area contributed by atoms with Crippen LogP contribution < -0.4 is 0 Å². The Labute approximate surface area is 112 Å². The van der Waals surface area contributed by atoms with Gasteiger partial charge in [0.2, 0.25) is 0 Å². The number of carbonyl (C=O) groups excluding carboxylic acids is 2. The van der Waals surface area contributed by atoms with Crippen LogP contribution in [-0.4, -0.2) is 24.2 Å². The maximum absolute atomic E-state index is 11.9. The molecule has 0 aliphatic heterocycles. The topological polar surface area (TPSA) is 43.4 Å². The Bertz CT molecular complexity index is 441. The van der Waals surface area contributed by atoms with Crippen molar-refractivity contribution in [3.63, 3.8) is 0 Å². The first-order valence-electron chi connectivity index (χ1n) is 5.92. The zero-order valence-electron chi connectivity index (χ0n) is 10.7. The Hall–Kier alpha value is -1.35. The van der Waals surface area contributed by atoms with Gasteiger partial charge in [-0.15, -0.1) is 11.6 Å². The normalized spacial score (nSPS) is 10.2. The average molecular weight is 269 g/mol. The predicted molar refractivity (Wildman–Crippen MR) is 71.2 cm³/mol. The summed E-state index contributed by atoms with van der Waals surface area (Å²) in [4.78, 5) is 23.4. The maximum atomic E-state index is 11.9. The second-order valence-electron chi connectivity index (χ2n) is 4.00. The van der Waals surface area contributed by atoms with E-state index in [1.807, 2.05) is 13.0 Å². The van der Waals surface area contributed by atoms with Crippen LogP contribution in [0.2, 0.25) is 0 Å². The molecule has 18 heavy (non-hydrogen) atoms. The molecule has 0 radical (unpaired) electrons. The zero-order chi connectivity index (χ0) is 13.5. The molecule has 0 amide bonds. The summed E-state index contributed by atoms with van der Waals surface area (Å²) in [6.07, 6.45) is 0.401. The molecule has 0 saturated heterocycles. The van der Waals surface area contributed by atoms with Crippen LogP contribution in [0.15, 0.2) is 18.2 Å². The minimum Gasteiger partial charge on any atom is -0.466 e. The van der Waals surface area contributed by atoms with Crippen LogP contribution in [0.5, 0.6) is 0 Å². The lowest BCUT2D eigenvalue weighted by Crippen LogP contribution is -2.12. The number of carbonyl (C=O) groups is 2. The summed E-state index contributed by atoms with van der Waals surface area (Å²) >= 11 is 5.58. The lowest BCUT2D eigenvalue weighted by molar-refractivity contribution is -0.142. The molecular formula is C14H17ClO3. The lowest BCUT2D eigenvalue weighted by atomic mass is 9.97. The molecule has 0 saturated carbocycles. The third kappa shape index (κ3) is 4.15. The fraction of sp³-hybridized carbons (Fsp3) is 0.429.